The molecule has 4 heteroatoms. The van der Waals surface area contributed by atoms with Gasteiger partial charge < -0.3 is 5.73 Å². The normalized spacial score (nSPS) is 10.9. The van der Waals surface area contributed by atoms with Gasteiger partial charge in [0.15, 0.2) is 5.65 Å². The minimum atomic E-state index is 0.461. The molecule has 13 heavy (non-hydrogen) atoms. The first-order chi connectivity index (χ1) is 6.24. The fraction of sp³-hybridized carbons (Fsp3) is 0.333. The van der Waals surface area contributed by atoms with Crippen molar-refractivity contribution in [1.29, 1.82) is 0 Å². The van der Waals surface area contributed by atoms with Crippen LogP contribution in [0.4, 0.5) is 5.95 Å². The summed E-state index contributed by atoms with van der Waals surface area (Å²) in [5, 5.41) is 7.89. The van der Waals surface area contributed by atoms with E-state index in [2.05, 4.69) is 23.2 Å². The van der Waals surface area contributed by atoms with Gasteiger partial charge in [0, 0.05) is 5.69 Å². The zero-order valence-electron chi connectivity index (χ0n) is 7.78. The van der Waals surface area contributed by atoms with Crippen LogP contribution in [0.1, 0.15) is 18.2 Å². The summed E-state index contributed by atoms with van der Waals surface area (Å²) < 4.78 is 1.87. The van der Waals surface area contributed by atoms with Crippen molar-refractivity contribution in [3.63, 3.8) is 0 Å². The number of fused-ring (bicyclic) bond motifs is 1. The molecule has 0 aromatic carbocycles. The van der Waals surface area contributed by atoms with Crippen LogP contribution in [0.5, 0.6) is 0 Å². The van der Waals surface area contributed by atoms with Gasteiger partial charge >= 0.3 is 0 Å². The van der Waals surface area contributed by atoms with E-state index in [0.29, 0.717) is 5.95 Å². The van der Waals surface area contributed by atoms with Crippen LogP contribution in [0.3, 0.4) is 0 Å². The van der Waals surface area contributed by atoms with Gasteiger partial charge in [0.2, 0.25) is 5.95 Å². The van der Waals surface area contributed by atoms with E-state index in [-0.39, 0.29) is 0 Å². The summed E-state index contributed by atoms with van der Waals surface area (Å²) >= 11 is 0. The molecule has 2 N–H and O–H groups in total. The number of hydrogen-bond acceptors (Lipinski definition) is 3. The highest BCUT2D eigenvalue weighted by atomic mass is 15.3. The smallest absolute Gasteiger partial charge is 0.226 e. The number of pyridine rings is 1. The van der Waals surface area contributed by atoms with Gasteiger partial charge in [-0.2, -0.15) is 0 Å². The summed E-state index contributed by atoms with van der Waals surface area (Å²) in [7, 11) is 0. The lowest BCUT2D eigenvalue weighted by Crippen LogP contribution is -1.99. The molecule has 2 heterocycles. The van der Waals surface area contributed by atoms with Crippen molar-refractivity contribution in [2.24, 2.45) is 0 Å². The molecule has 0 spiro atoms. The van der Waals surface area contributed by atoms with Gasteiger partial charge in [0.1, 0.15) is 0 Å². The van der Waals surface area contributed by atoms with Crippen LogP contribution in [0.15, 0.2) is 12.1 Å². The fourth-order valence-electron chi connectivity index (χ4n) is 1.50. The number of nitrogen functional groups attached to an aromatic ring is 1. The first kappa shape index (κ1) is 8.04. The van der Waals surface area contributed by atoms with E-state index in [9.17, 15) is 0 Å². The third-order valence-corrected chi connectivity index (χ3v) is 2.23. The average molecular weight is 176 g/mol. The van der Waals surface area contributed by atoms with Crippen LogP contribution < -0.4 is 5.73 Å². The molecule has 4 nitrogen and oxygen atoms in total. The topological polar surface area (TPSA) is 56.2 Å². The number of anilines is 1. The molecule has 0 radical (unpaired) electrons. The van der Waals surface area contributed by atoms with Crippen molar-refractivity contribution < 1.29 is 0 Å². The van der Waals surface area contributed by atoms with Crippen LogP contribution in [0, 0.1) is 6.92 Å². The Kier molecular flexibility index (Phi) is 1.69. The van der Waals surface area contributed by atoms with Crippen LogP contribution in [-0.2, 0) is 6.42 Å². The maximum atomic E-state index is 5.69. The third kappa shape index (κ3) is 1.06. The van der Waals surface area contributed by atoms with E-state index in [1.165, 1.54) is 5.56 Å². The second-order valence-corrected chi connectivity index (χ2v) is 3.07. The first-order valence-corrected chi connectivity index (χ1v) is 4.33. The molecule has 0 aliphatic rings. The van der Waals surface area contributed by atoms with E-state index in [0.717, 1.165) is 17.8 Å². The maximum Gasteiger partial charge on any atom is 0.226 e. The summed E-state index contributed by atoms with van der Waals surface area (Å²) in [4.78, 5) is 0. The van der Waals surface area contributed by atoms with E-state index < -0.39 is 0 Å². The molecule has 0 aliphatic heterocycles. The lowest BCUT2D eigenvalue weighted by Gasteiger charge is -2.03. The fourth-order valence-corrected chi connectivity index (χ4v) is 1.50. The molecule has 2 rings (SSSR count). The van der Waals surface area contributed by atoms with Gasteiger partial charge in [-0.15, -0.1) is 10.2 Å². The highest BCUT2D eigenvalue weighted by molar-refractivity contribution is 5.52. The van der Waals surface area contributed by atoms with E-state index in [1.807, 2.05) is 17.4 Å². The van der Waals surface area contributed by atoms with Crippen molar-refractivity contribution in [3.05, 3.63) is 23.4 Å². The standard InChI is InChI=1S/C9H12N4/c1-3-7-5-4-6(2)13-8(7)11-12-9(13)10/h4-5H,3H2,1-2H3,(H2,10,12). The summed E-state index contributed by atoms with van der Waals surface area (Å²) in [6.45, 7) is 4.09. The molecular formula is C9H12N4. The molecule has 0 fully saturated rings. The number of nitrogens with zero attached hydrogens (tertiary/aromatic N) is 3. The maximum absolute atomic E-state index is 5.69. The quantitative estimate of drug-likeness (QED) is 0.709. The predicted octanol–water partition coefficient (Wildman–Crippen LogP) is 1.18. The Morgan fingerprint density at radius 2 is 2.15 bits per heavy atom. The van der Waals surface area contributed by atoms with Gasteiger partial charge in [-0.3, -0.25) is 4.40 Å². The molecule has 0 unspecified atom stereocenters. The Bertz CT molecular complexity index is 444. The van der Waals surface area contributed by atoms with Crippen molar-refractivity contribution >= 4 is 11.6 Å². The predicted molar refractivity (Wildman–Crippen MR) is 51.5 cm³/mol. The number of hydrogen-bond donors (Lipinski definition) is 1. The lowest BCUT2D eigenvalue weighted by molar-refractivity contribution is 1.05. The second kappa shape index (κ2) is 2.73. The van der Waals surface area contributed by atoms with Crippen molar-refractivity contribution in [2.75, 3.05) is 5.73 Å². The third-order valence-electron chi connectivity index (χ3n) is 2.23. The molecule has 0 atom stereocenters. The van der Waals surface area contributed by atoms with E-state index in [4.69, 9.17) is 5.73 Å². The molecule has 0 saturated heterocycles. The molecule has 0 saturated carbocycles. The van der Waals surface area contributed by atoms with Gasteiger partial charge in [-0.25, -0.2) is 0 Å². The van der Waals surface area contributed by atoms with Gasteiger partial charge in [0.05, 0.1) is 0 Å². The Balaban J connectivity index is 2.87. The summed E-state index contributed by atoms with van der Waals surface area (Å²) in [6, 6.07) is 4.10. The van der Waals surface area contributed by atoms with Crippen LogP contribution in [-0.4, -0.2) is 14.6 Å². The summed E-state index contributed by atoms with van der Waals surface area (Å²) in [5.41, 5.74) is 8.81. The zero-order chi connectivity index (χ0) is 9.42. The Morgan fingerprint density at radius 1 is 1.38 bits per heavy atom. The number of aryl methyl sites for hydroxylation is 2. The molecule has 2 aromatic rings. The highest BCUT2D eigenvalue weighted by Crippen LogP contribution is 2.14. The first-order valence-electron chi connectivity index (χ1n) is 4.33. The molecule has 68 valence electrons. The highest BCUT2D eigenvalue weighted by Gasteiger charge is 2.07. The number of aromatic nitrogens is 3. The molecule has 0 bridgehead atoms. The monoisotopic (exact) mass is 176 g/mol. The number of rotatable bonds is 1. The van der Waals surface area contributed by atoms with Crippen LogP contribution >= 0.6 is 0 Å². The summed E-state index contributed by atoms with van der Waals surface area (Å²) in [5.74, 6) is 0.461. The van der Waals surface area contributed by atoms with Crippen molar-refractivity contribution in [3.8, 4) is 0 Å². The summed E-state index contributed by atoms with van der Waals surface area (Å²) in [6.07, 6.45) is 0.946. The van der Waals surface area contributed by atoms with Gasteiger partial charge in [-0.05, 0) is 25.0 Å². The van der Waals surface area contributed by atoms with Gasteiger partial charge in [-0.1, -0.05) is 13.0 Å². The Morgan fingerprint density at radius 3 is 2.85 bits per heavy atom. The van der Waals surface area contributed by atoms with Crippen molar-refractivity contribution in [2.45, 2.75) is 20.3 Å². The molecule has 0 amide bonds. The molecular weight excluding hydrogens is 164 g/mol. The van der Waals surface area contributed by atoms with E-state index in [1.54, 1.807) is 0 Å². The number of nitrogens with two attached hydrogens (primary N) is 1. The van der Waals surface area contributed by atoms with Gasteiger partial charge in [0.25, 0.3) is 0 Å². The van der Waals surface area contributed by atoms with E-state index >= 15 is 0 Å². The Hall–Kier alpha value is -1.58. The van der Waals surface area contributed by atoms with Crippen LogP contribution in [0.25, 0.3) is 5.65 Å². The Labute approximate surface area is 76.4 Å². The second-order valence-electron chi connectivity index (χ2n) is 3.07. The average Bonchev–Trinajstić information content (AvgIpc) is 2.50. The van der Waals surface area contributed by atoms with Crippen LogP contribution in [0.2, 0.25) is 0 Å². The lowest BCUT2D eigenvalue weighted by atomic mass is 10.2. The SMILES string of the molecule is CCc1ccc(C)n2c(N)nnc12. The zero-order valence-corrected chi connectivity index (χ0v) is 7.78. The molecule has 0 aliphatic carbocycles. The van der Waals surface area contributed by atoms with Crippen molar-refractivity contribution in [1.82, 2.24) is 14.6 Å². The largest absolute Gasteiger partial charge is 0.368 e. The minimum absolute atomic E-state index is 0.461. The molecule has 2 aromatic heterocycles. The minimum Gasteiger partial charge on any atom is -0.368 e.